The number of nitrogens with zero attached hydrogens (tertiary/aromatic N) is 1. The van der Waals surface area contributed by atoms with Gasteiger partial charge in [-0.1, -0.05) is 51.9 Å². The van der Waals surface area contributed by atoms with Gasteiger partial charge in [0.1, 0.15) is 0 Å². The fourth-order valence-electron chi connectivity index (χ4n) is 3.39. The second kappa shape index (κ2) is 7.07. The van der Waals surface area contributed by atoms with E-state index in [-0.39, 0.29) is 16.5 Å². The SMILES string of the molecule is CC1=CC(c2ccccc2C#N)(C(F)(C(F)(F)F)C(F)(F)C(F)(F)F)C=C(Br)C1. The van der Waals surface area contributed by atoms with Gasteiger partial charge in [-0.2, -0.15) is 40.4 Å². The summed E-state index contributed by atoms with van der Waals surface area (Å²) in [7, 11) is 0. The third kappa shape index (κ3) is 3.35. The smallest absolute Gasteiger partial charge is 0.225 e. The molecular weight excluding hydrogens is 481 g/mol. The Hall–Kier alpha value is -1.96. The van der Waals surface area contributed by atoms with Crippen molar-refractivity contribution in [3.63, 3.8) is 0 Å². The van der Waals surface area contributed by atoms with E-state index in [4.69, 9.17) is 0 Å². The number of hydrogen-bond acceptors (Lipinski definition) is 1. The second-order valence-electron chi connectivity index (χ2n) is 6.51. The summed E-state index contributed by atoms with van der Waals surface area (Å²) in [5.41, 5.74) is -11.6. The van der Waals surface area contributed by atoms with Gasteiger partial charge in [-0.15, -0.1) is 0 Å². The van der Waals surface area contributed by atoms with Gasteiger partial charge in [-0.05, 0) is 29.5 Å². The quantitative estimate of drug-likeness (QED) is 0.333. The van der Waals surface area contributed by atoms with E-state index in [0.29, 0.717) is 12.2 Å². The monoisotopic (exact) mass is 491 g/mol. The van der Waals surface area contributed by atoms with Gasteiger partial charge >= 0.3 is 18.3 Å². The third-order valence-electron chi connectivity index (χ3n) is 4.55. The molecule has 0 saturated carbocycles. The molecule has 1 aromatic carbocycles. The summed E-state index contributed by atoms with van der Waals surface area (Å²) in [6.45, 7) is 1.15. The molecule has 2 unspecified atom stereocenters. The van der Waals surface area contributed by atoms with Crippen molar-refractivity contribution in [1.29, 1.82) is 5.26 Å². The Morgan fingerprint density at radius 3 is 1.93 bits per heavy atom. The first-order valence-electron chi connectivity index (χ1n) is 7.80. The lowest BCUT2D eigenvalue weighted by molar-refractivity contribution is -0.392. The number of allylic oxidation sites excluding steroid dienone is 4. The lowest BCUT2D eigenvalue weighted by Gasteiger charge is -2.48. The summed E-state index contributed by atoms with van der Waals surface area (Å²) in [6.07, 6.45) is -13.0. The molecule has 11 heteroatoms. The lowest BCUT2D eigenvalue weighted by Crippen LogP contribution is -2.71. The van der Waals surface area contributed by atoms with Crippen molar-refractivity contribution < 1.29 is 39.5 Å². The number of nitriles is 1. The third-order valence-corrected chi connectivity index (χ3v) is 5.06. The van der Waals surface area contributed by atoms with Crippen LogP contribution in [0, 0.1) is 11.3 Å². The minimum atomic E-state index is -6.87. The summed E-state index contributed by atoms with van der Waals surface area (Å²) >= 11 is 2.80. The summed E-state index contributed by atoms with van der Waals surface area (Å²) in [5.74, 6) is -6.85. The number of hydrogen-bond donors (Lipinski definition) is 0. The van der Waals surface area contributed by atoms with Crippen molar-refractivity contribution in [2.75, 3.05) is 0 Å². The van der Waals surface area contributed by atoms with Crippen molar-refractivity contribution in [3.05, 3.63) is 57.6 Å². The highest BCUT2D eigenvalue weighted by molar-refractivity contribution is 9.11. The molecule has 158 valence electrons. The molecule has 2 atom stereocenters. The first-order chi connectivity index (χ1) is 13.0. The van der Waals surface area contributed by atoms with Gasteiger partial charge in [0.05, 0.1) is 17.0 Å². The van der Waals surface area contributed by atoms with Crippen LogP contribution in [0.5, 0.6) is 0 Å². The molecule has 1 aromatic rings. The molecule has 0 amide bonds. The fraction of sp³-hybridized carbons (Fsp3) is 0.389. The maximum absolute atomic E-state index is 15.6. The molecule has 1 nitrogen and oxygen atoms in total. The van der Waals surface area contributed by atoms with Crippen LogP contribution in [0.1, 0.15) is 24.5 Å². The van der Waals surface area contributed by atoms with Crippen molar-refractivity contribution in [1.82, 2.24) is 0 Å². The topological polar surface area (TPSA) is 23.8 Å². The highest BCUT2D eigenvalue weighted by Crippen LogP contribution is 2.63. The zero-order valence-corrected chi connectivity index (χ0v) is 16.0. The number of halogens is 10. The number of rotatable bonds is 3. The molecule has 0 bridgehead atoms. The number of benzene rings is 1. The Balaban J connectivity index is 3.13. The summed E-state index contributed by atoms with van der Waals surface area (Å²) < 4.78 is 125. The Morgan fingerprint density at radius 2 is 1.48 bits per heavy atom. The molecule has 0 aromatic heterocycles. The van der Waals surface area contributed by atoms with E-state index in [2.05, 4.69) is 15.9 Å². The highest BCUT2D eigenvalue weighted by Gasteiger charge is 2.87. The first kappa shape index (κ1) is 23.3. The van der Waals surface area contributed by atoms with Crippen molar-refractivity contribution in [3.8, 4) is 6.07 Å². The normalized spacial score (nSPS) is 23.0. The van der Waals surface area contributed by atoms with Crippen LogP contribution in [0.2, 0.25) is 0 Å². The molecular formula is C18H11BrF9N. The van der Waals surface area contributed by atoms with Crippen LogP contribution in [0.15, 0.2) is 46.5 Å². The van der Waals surface area contributed by atoms with Gasteiger partial charge in [-0.25, -0.2) is 4.39 Å². The van der Waals surface area contributed by atoms with Crippen molar-refractivity contribution in [2.24, 2.45) is 0 Å². The van der Waals surface area contributed by atoms with Crippen LogP contribution < -0.4 is 0 Å². The molecule has 2 rings (SSSR count). The van der Waals surface area contributed by atoms with Gasteiger partial charge in [0.25, 0.3) is 5.67 Å². The predicted octanol–water partition coefficient (Wildman–Crippen LogP) is 6.89. The fourth-order valence-corrected chi connectivity index (χ4v) is 4.20. The molecule has 1 aliphatic rings. The van der Waals surface area contributed by atoms with E-state index in [1.807, 2.05) is 0 Å². The molecule has 0 fully saturated rings. The van der Waals surface area contributed by atoms with Gasteiger partial charge in [0, 0.05) is 0 Å². The summed E-state index contributed by atoms with van der Waals surface area (Å²) in [4.78, 5) is 0. The molecule has 0 N–H and O–H groups in total. The van der Waals surface area contributed by atoms with Gasteiger partial charge < -0.3 is 0 Å². The summed E-state index contributed by atoms with van der Waals surface area (Å²) in [6, 6.07) is 5.22. The number of alkyl halides is 9. The predicted molar refractivity (Wildman–Crippen MR) is 89.1 cm³/mol. The van der Waals surface area contributed by atoms with E-state index in [0.717, 1.165) is 31.2 Å². The van der Waals surface area contributed by atoms with E-state index < -0.39 is 40.5 Å². The van der Waals surface area contributed by atoms with Crippen LogP contribution in [0.3, 0.4) is 0 Å². The standard InChI is InChI=1S/C18H11BrF9N/c1-10-6-12(19)8-14(7-10,13-5-3-2-4-11(13)9-29)15(20,17(23,24)25)16(21,22)18(26,27)28/h2-5,7-8H,6H2,1H3. The molecule has 0 heterocycles. The molecule has 1 aliphatic carbocycles. The van der Waals surface area contributed by atoms with Crippen LogP contribution in [0.25, 0.3) is 0 Å². The maximum Gasteiger partial charge on any atom is 0.457 e. The van der Waals surface area contributed by atoms with E-state index in [1.54, 1.807) is 0 Å². The van der Waals surface area contributed by atoms with Crippen LogP contribution >= 0.6 is 15.9 Å². The van der Waals surface area contributed by atoms with E-state index in [9.17, 15) is 40.4 Å². The van der Waals surface area contributed by atoms with E-state index >= 15 is 4.39 Å². The second-order valence-corrected chi connectivity index (χ2v) is 7.53. The Morgan fingerprint density at radius 1 is 0.931 bits per heavy atom. The largest absolute Gasteiger partial charge is 0.457 e. The van der Waals surface area contributed by atoms with Gasteiger partial charge in [0.2, 0.25) is 0 Å². The molecule has 0 saturated heterocycles. The lowest BCUT2D eigenvalue weighted by atomic mass is 9.61. The minimum Gasteiger partial charge on any atom is -0.225 e. The zero-order valence-electron chi connectivity index (χ0n) is 14.4. The summed E-state index contributed by atoms with van der Waals surface area (Å²) in [5, 5.41) is 9.21. The minimum absolute atomic E-state index is 0.101. The van der Waals surface area contributed by atoms with Crippen molar-refractivity contribution in [2.45, 2.75) is 42.7 Å². The molecule has 29 heavy (non-hydrogen) atoms. The van der Waals surface area contributed by atoms with Gasteiger partial charge in [-0.3, -0.25) is 0 Å². The Bertz CT molecular complexity index is 887. The van der Waals surface area contributed by atoms with Crippen LogP contribution in [-0.2, 0) is 5.41 Å². The van der Waals surface area contributed by atoms with E-state index in [1.165, 1.54) is 6.07 Å². The maximum atomic E-state index is 15.6. The van der Waals surface area contributed by atoms with Gasteiger partial charge in [0.15, 0.2) is 0 Å². The zero-order chi connectivity index (χ0) is 22.5. The Labute approximate surface area is 167 Å². The molecule has 0 aliphatic heterocycles. The molecule has 0 spiro atoms. The molecule has 0 radical (unpaired) electrons. The average Bonchev–Trinajstić information content (AvgIpc) is 2.57. The Kier molecular flexibility index (Phi) is 5.69. The van der Waals surface area contributed by atoms with Crippen molar-refractivity contribution >= 4 is 15.9 Å². The average molecular weight is 492 g/mol. The highest BCUT2D eigenvalue weighted by atomic mass is 79.9. The van der Waals surface area contributed by atoms with Crippen LogP contribution in [-0.4, -0.2) is 23.9 Å². The van der Waals surface area contributed by atoms with Crippen LogP contribution in [0.4, 0.5) is 39.5 Å². The first-order valence-corrected chi connectivity index (χ1v) is 8.60.